The van der Waals surface area contributed by atoms with E-state index in [9.17, 15) is 9.59 Å². The molecule has 4 aromatic rings. The third-order valence-electron chi connectivity index (χ3n) is 7.95. The van der Waals surface area contributed by atoms with Gasteiger partial charge in [-0.1, -0.05) is 67.3 Å². The van der Waals surface area contributed by atoms with Crippen LogP contribution in [0.4, 0.5) is 0 Å². The summed E-state index contributed by atoms with van der Waals surface area (Å²) in [5.74, 6) is 1.46. The molecule has 3 aromatic heterocycles. The lowest BCUT2D eigenvalue weighted by Crippen LogP contribution is -2.31. The number of unbranched alkanes of at least 4 members (excludes halogenated alkanes) is 1. The van der Waals surface area contributed by atoms with Gasteiger partial charge in [0.05, 0.1) is 30.4 Å². The molecule has 1 fully saturated rings. The van der Waals surface area contributed by atoms with Crippen LogP contribution in [0, 0.1) is 0 Å². The molecule has 3 heterocycles. The largest absolute Gasteiger partial charge is 0.491 e. The number of hydrogen-bond donors (Lipinski definition) is 1. The minimum atomic E-state index is -0.639. The summed E-state index contributed by atoms with van der Waals surface area (Å²) in [6.45, 7) is 10.3. The monoisotopic (exact) mass is 609 g/mol. The highest BCUT2D eigenvalue weighted by atomic mass is 16.5. The number of H-pyrrole nitrogens is 1. The van der Waals surface area contributed by atoms with E-state index in [4.69, 9.17) is 14.2 Å². The van der Waals surface area contributed by atoms with Crippen molar-refractivity contribution in [2.75, 3.05) is 6.61 Å². The number of ether oxygens (including phenoxy) is 1. The van der Waals surface area contributed by atoms with Crippen molar-refractivity contribution in [3.05, 3.63) is 97.9 Å². The highest BCUT2D eigenvalue weighted by Gasteiger charge is 2.27. The topological polar surface area (TPSA) is 141 Å². The average molecular weight is 610 g/mol. The van der Waals surface area contributed by atoms with Gasteiger partial charge >= 0.3 is 5.76 Å². The Bertz CT molecular complexity index is 1810. The van der Waals surface area contributed by atoms with Crippen LogP contribution in [0.2, 0.25) is 0 Å². The fraction of sp³-hybridized carbons (Fsp3) is 0.382. The van der Waals surface area contributed by atoms with Crippen molar-refractivity contribution in [1.29, 1.82) is 0 Å². The predicted octanol–water partition coefficient (Wildman–Crippen LogP) is 6.00. The molecular formula is C34H39N7O4. The number of hydrogen-bond acceptors (Lipinski definition) is 9. The van der Waals surface area contributed by atoms with Crippen LogP contribution in [0.25, 0.3) is 23.0 Å². The number of nitrogens with one attached hydrogen (secondary N) is 1. The van der Waals surface area contributed by atoms with Crippen molar-refractivity contribution >= 4 is 12.4 Å². The first-order valence-corrected chi connectivity index (χ1v) is 15.5. The van der Waals surface area contributed by atoms with E-state index in [0.29, 0.717) is 47.4 Å². The summed E-state index contributed by atoms with van der Waals surface area (Å²) in [6.07, 6.45) is 14.2. The normalized spacial score (nSPS) is 14.2. The Morgan fingerprint density at radius 2 is 1.91 bits per heavy atom. The first kappa shape index (κ1) is 31.5. The van der Waals surface area contributed by atoms with E-state index in [-0.39, 0.29) is 11.5 Å². The molecule has 0 saturated heterocycles. The zero-order valence-corrected chi connectivity index (χ0v) is 26.1. The van der Waals surface area contributed by atoms with Gasteiger partial charge in [-0.05, 0) is 52.3 Å². The molecule has 11 heteroatoms. The quantitative estimate of drug-likeness (QED) is 0.144. The summed E-state index contributed by atoms with van der Waals surface area (Å²) in [5, 5.41) is 3.83. The Hall–Kier alpha value is -4.93. The van der Waals surface area contributed by atoms with Gasteiger partial charge in [-0.25, -0.2) is 24.3 Å². The Kier molecular flexibility index (Phi) is 10.3. The van der Waals surface area contributed by atoms with Crippen LogP contribution in [0.5, 0.6) is 5.75 Å². The lowest BCUT2D eigenvalue weighted by atomic mass is 9.99. The number of aryl methyl sites for hydroxylation is 1. The summed E-state index contributed by atoms with van der Waals surface area (Å²) < 4.78 is 11.9. The molecule has 0 aliphatic heterocycles. The van der Waals surface area contributed by atoms with Crippen molar-refractivity contribution in [2.45, 2.75) is 78.1 Å². The first-order valence-electron chi connectivity index (χ1n) is 15.5. The first-order chi connectivity index (χ1) is 21.9. The Morgan fingerprint density at radius 3 is 2.58 bits per heavy atom. The lowest BCUT2D eigenvalue weighted by Gasteiger charge is -2.20. The molecule has 11 nitrogen and oxygen atoms in total. The molecule has 1 aliphatic rings. The fourth-order valence-corrected chi connectivity index (χ4v) is 5.71. The third kappa shape index (κ3) is 7.25. The molecule has 5 rings (SSSR count). The summed E-state index contributed by atoms with van der Waals surface area (Å²) >= 11 is 0. The number of rotatable bonds is 13. The van der Waals surface area contributed by atoms with Crippen molar-refractivity contribution in [3.8, 4) is 23.1 Å². The van der Waals surface area contributed by atoms with E-state index in [2.05, 4.69) is 38.7 Å². The van der Waals surface area contributed by atoms with Crippen molar-refractivity contribution in [2.24, 2.45) is 4.99 Å². The van der Waals surface area contributed by atoms with Gasteiger partial charge < -0.3 is 4.74 Å². The maximum atomic E-state index is 14.4. The molecule has 1 aliphatic carbocycles. The summed E-state index contributed by atoms with van der Waals surface area (Å²) in [4.78, 5) is 47.0. The number of benzene rings is 1. The second-order valence-corrected chi connectivity index (χ2v) is 11.2. The number of aliphatic imine (C=N–C) groups is 1. The molecule has 0 atom stereocenters. The number of aromatic nitrogens is 6. The molecule has 0 radical (unpaired) electrons. The highest BCUT2D eigenvalue weighted by molar-refractivity contribution is 5.80. The number of aromatic amines is 1. The van der Waals surface area contributed by atoms with Crippen LogP contribution in [0.3, 0.4) is 0 Å². The zero-order chi connectivity index (χ0) is 31.8. The second-order valence-electron chi connectivity index (χ2n) is 11.2. The van der Waals surface area contributed by atoms with Crippen LogP contribution in [0.15, 0.2) is 73.5 Å². The fourth-order valence-electron chi connectivity index (χ4n) is 5.71. The van der Waals surface area contributed by atoms with Gasteiger partial charge in [0.25, 0.3) is 5.56 Å². The molecule has 1 N–H and O–H groups in total. The van der Waals surface area contributed by atoms with E-state index in [1.54, 1.807) is 17.0 Å². The summed E-state index contributed by atoms with van der Waals surface area (Å²) in [6, 6.07) is 7.40. The van der Waals surface area contributed by atoms with Gasteiger partial charge in [-0.15, -0.1) is 0 Å². The van der Waals surface area contributed by atoms with E-state index in [1.807, 2.05) is 50.3 Å². The van der Waals surface area contributed by atoms with E-state index >= 15 is 0 Å². The Balaban J connectivity index is 1.56. The zero-order valence-electron chi connectivity index (χ0n) is 26.1. The lowest BCUT2D eigenvalue weighted by molar-refractivity contribution is 0.337. The Labute approximate surface area is 261 Å². The molecular weight excluding hydrogens is 570 g/mol. The smallest absolute Gasteiger partial charge is 0.439 e. The molecule has 45 heavy (non-hydrogen) atoms. The van der Waals surface area contributed by atoms with E-state index in [1.165, 1.54) is 0 Å². The van der Waals surface area contributed by atoms with Gasteiger partial charge in [0.15, 0.2) is 11.6 Å². The van der Waals surface area contributed by atoms with Crippen molar-refractivity contribution in [1.82, 2.24) is 29.7 Å². The average Bonchev–Trinajstić information content (AvgIpc) is 3.75. The summed E-state index contributed by atoms with van der Waals surface area (Å²) in [5.41, 5.74) is 4.23. The molecule has 1 aromatic carbocycles. The third-order valence-corrected chi connectivity index (χ3v) is 7.95. The molecule has 0 bridgehead atoms. The molecule has 234 valence electrons. The summed E-state index contributed by atoms with van der Waals surface area (Å²) in [7, 11) is 0. The van der Waals surface area contributed by atoms with Crippen LogP contribution in [0.1, 0.15) is 87.9 Å². The Morgan fingerprint density at radius 1 is 1.16 bits per heavy atom. The van der Waals surface area contributed by atoms with Gasteiger partial charge in [-0.2, -0.15) is 0 Å². The maximum absolute atomic E-state index is 14.4. The maximum Gasteiger partial charge on any atom is 0.439 e. The SMILES string of the molecule is C=N/C(=C\C=C(/C)Cc1c(CCCC)nc(C2CCCC2)n(-c2ncc(OCC)cn2)c1=O)c1ccccc1-c1noc(=O)[nH]1. The molecule has 0 unspecified atom stereocenters. The van der Waals surface area contributed by atoms with E-state index in [0.717, 1.165) is 67.6 Å². The predicted molar refractivity (Wildman–Crippen MR) is 174 cm³/mol. The van der Waals surface area contributed by atoms with Gasteiger partial charge in [0.2, 0.25) is 5.95 Å². The van der Waals surface area contributed by atoms with Crippen LogP contribution < -0.4 is 16.1 Å². The molecule has 0 amide bonds. The second kappa shape index (κ2) is 14.7. The van der Waals surface area contributed by atoms with Crippen LogP contribution in [-0.2, 0) is 12.8 Å². The molecule has 1 saturated carbocycles. The number of nitrogens with zero attached hydrogens (tertiary/aromatic N) is 6. The minimum absolute atomic E-state index is 0.138. The van der Waals surface area contributed by atoms with Crippen molar-refractivity contribution in [3.63, 3.8) is 0 Å². The minimum Gasteiger partial charge on any atom is -0.491 e. The van der Waals surface area contributed by atoms with Gasteiger partial charge in [0.1, 0.15) is 5.82 Å². The van der Waals surface area contributed by atoms with E-state index < -0.39 is 5.76 Å². The standard InChI is InChI=1S/C34H39N7O4/c1-5-7-16-29-27(19-22(3)17-18-28(35-4)25-14-10-11-15-26(25)30-39-34(43)45-40-30)32(42)41(31(38-29)23-12-8-9-13-23)33-36-20-24(21-37-33)44-6-2/h10-11,14-15,17-18,20-21,23H,4-9,12-13,16,19H2,1-3H3,(H,39,40,43)/b22-17+,28-18-. The van der Waals surface area contributed by atoms with Crippen LogP contribution >= 0.6 is 0 Å². The van der Waals surface area contributed by atoms with Gasteiger partial charge in [-0.3, -0.25) is 19.3 Å². The van der Waals surface area contributed by atoms with Gasteiger partial charge in [0, 0.05) is 29.0 Å². The number of allylic oxidation sites excluding steroid dienone is 3. The van der Waals surface area contributed by atoms with Crippen LogP contribution in [-0.4, -0.2) is 43.0 Å². The molecule has 0 spiro atoms. The van der Waals surface area contributed by atoms with Crippen molar-refractivity contribution < 1.29 is 9.26 Å². The highest BCUT2D eigenvalue weighted by Crippen LogP contribution is 2.34.